The Morgan fingerprint density at radius 3 is 1.18 bits per heavy atom. The molecule has 0 bridgehead atoms. The van der Waals surface area contributed by atoms with E-state index >= 15 is 0 Å². The van der Waals surface area contributed by atoms with Crippen LogP contribution in [-0.4, -0.2) is 110 Å². The number of rotatable bonds is 56. The van der Waals surface area contributed by atoms with Gasteiger partial charge in [-0.05, 0) is 57.8 Å². The van der Waals surface area contributed by atoms with E-state index in [1.165, 1.54) is 205 Å². The Kier molecular flexibility index (Phi) is 51.3. The summed E-state index contributed by atoms with van der Waals surface area (Å²) >= 11 is 0. The number of ether oxygens (including phenoxy) is 2. The van der Waals surface area contributed by atoms with Crippen LogP contribution >= 0.6 is 0 Å². The van der Waals surface area contributed by atoms with E-state index in [1.807, 2.05) is 0 Å². The molecule has 1 aliphatic heterocycles. The Morgan fingerprint density at radius 1 is 0.461 bits per heavy atom. The maximum Gasteiger partial charge on any atom is 0.249 e. The van der Waals surface area contributed by atoms with Crippen LogP contribution in [0.1, 0.15) is 303 Å². The molecule has 0 spiro atoms. The third kappa shape index (κ3) is 41.4. The Morgan fingerprint density at radius 2 is 0.816 bits per heavy atom. The first-order valence-electron chi connectivity index (χ1n) is 32.4. The topological polar surface area (TPSA) is 189 Å². The quantitative estimate of drug-likeness (QED) is 0.0215. The number of hydrogen-bond acceptors (Lipinski definition) is 10. The highest BCUT2D eigenvalue weighted by Crippen LogP contribution is 2.24. The van der Waals surface area contributed by atoms with Crippen molar-refractivity contribution in [3.63, 3.8) is 0 Å². The fraction of sp³-hybridized carbons (Fsp3) is 0.892. The van der Waals surface area contributed by atoms with Crippen LogP contribution in [0.5, 0.6) is 0 Å². The van der Waals surface area contributed by atoms with Gasteiger partial charge in [0, 0.05) is 0 Å². The zero-order valence-electron chi connectivity index (χ0n) is 49.2. The van der Waals surface area contributed by atoms with E-state index in [9.17, 15) is 40.5 Å². The Hall–Kier alpha value is -1.67. The summed E-state index contributed by atoms with van der Waals surface area (Å²) in [5.74, 6) is -0.709. The number of nitrogens with one attached hydrogen (secondary N) is 1. The average Bonchev–Trinajstić information content (AvgIpc) is 3.42. The van der Waals surface area contributed by atoms with Crippen molar-refractivity contribution in [2.24, 2.45) is 0 Å². The van der Waals surface area contributed by atoms with Crippen molar-refractivity contribution in [3.05, 3.63) is 36.5 Å². The second kappa shape index (κ2) is 53.9. The summed E-state index contributed by atoms with van der Waals surface area (Å²) in [7, 11) is 0. The molecule has 11 heteroatoms. The minimum Gasteiger partial charge on any atom is -0.394 e. The van der Waals surface area contributed by atoms with Crippen LogP contribution < -0.4 is 5.32 Å². The van der Waals surface area contributed by atoms with Gasteiger partial charge in [0.2, 0.25) is 5.91 Å². The molecular weight excluding hydrogens is 955 g/mol. The number of carbonyl (C=O) groups excluding carboxylic acids is 1. The molecule has 9 atom stereocenters. The average molecular weight is 1080 g/mol. The lowest BCUT2D eigenvalue weighted by Crippen LogP contribution is -2.60. The minimum absolute atomic E-state index is 0.241. The molecule has 11 nitrogen and oxygen atoms in total. The summed E-state index contributed by atoms with van der Waals surface area (Å²) in [6, 6.07) is -1.19. The standard InChI is InChI=1S/C65H123NO10/c1-3-5-7-9-11-13-15-17-18-19-20-21-22-23-24-25-26-27-28-29-30-31-32-33-34-35-36-37-38-39-41-43-45-47-49-51-53-58(69)64(74)66-56(55-75-65-63(73)62(72)61(71)59(54-67)76-65)60(70)57(68)52-50-48-46-44-42-40-16-14-12-10-8-6-4-2/h6,8,14,16,44,46,56-63,65,67-73H,3-5,7,9-13,15,17-43,45,47-55H2,1-2H3,(H,66,74)/b8-6+,16-14+,46-44+. The number of aliphatic hydroxyl groups excluding tert-OH is 7. The van der Waals surface area contributed by atoms with Crippen LogP contribution in [0.4, 0.5) is 0 Å². The molecule has 1 saturated heterocycles. The Bertz CT molecular complexity index is 1330. The summed E-state index contributed by atoms with van der Waals surface area (Å²) in [6.07, 6.45) is 56.9. The number of unbranched alkanes of at least 4 members (excludes halogenated alkanes) is 38. The molecule has 1 fully saturated rings. The lowest BCUT2D eigenvalue weighted by molar-refractivity contribution is -0.303. The first-order valence-corrected chi connectivity index (χ1v) is 32.4. The molecule has 1 aliphatic rings. The number of amides is 1. The van der Waals surface area contributed by atoms with Crippen LogP contribution in [0.25, 0.3) is 0 Å². The Balaban J connectivity index is 2.12. The number of aliphatic hydroxyl groups is 7. The first-order chi connectivity index (χ1) is 37.2. The highest BCUT2D eigenvalue weighted by molar-refractivity contribution is 5.80. The van der Waals surface area contributed by atoms with Crippen LogP contribution in [0.2, 0.25) is 0 Å². The molecule has 0 radical (unpaired) electrons. The predicted octanol–water partition coefficient (Wildman–Crippen LogP) is 14.6. The van der Waals surface area contributed by atoms with Gasteiger partial charge in [-0.25, -0.2) is 0 Å². The first kappa shape index (κ1) is 72.3. The van der Waals surface area contributed by atoms with Gasteiger partial charge in [-0.15, -0.1) is 0 Å². The van der Waals surface area contributed by atoms with E-state index in [0.717, 1.165) is 51.4 Å². The molecule has 0 aromatic heterocycles. The van der Waals surface area contributed by atoms with Crippen molar-refractivity contribution in [1.29, 1.82) is 0 Å². The molecule has 0 aliphatic carbocycles. The zero-order chi connectivity index (χ0) is 55.4. The molecule has 1 heterocycles. The van der Waals surface area contributed by atoms with Crippen LogP contribution in [0.3, 0.4) is 0 Å². The second-order valence-electron chi connectivity index (χ2n) is 22.8. The number of hydrogen-bond donors (Lipinski definition) is 8. The summed E-state index contributed by atoms with van der Waals surface area (Å²) in [5.41, 5.74) is 0. The van der Waals surface area contributed by atoms with Crippen molar-refractivity contribution >= 4 is 5.91 Å². The van der Waals surface area contributed by atoms with Crippen molar-refractivity contribution in [1.82, 2.24) is 5.32 Å². The van der Waals surface area contributed by atoms with E-state index in [0.29, 0.717) is 19.3 Å². The van der Waals surface area contributed by atoms with Gasteiger partial charge >= 0.3 is 0 Å². The molecule has 8 N–H and O–H groups in total. The van der Waals surface area contributed by atoms with Crippen molar-refractivity contribution in [2.45, 2.75) is 358 Å². The Labute approximate surface area is 467 Å². The smallest absolute Gasteiger partial charge is 0.249 e. The van der Waals surface area contributed by atoms with Gasteiger partial charge in [-0.2, -0.15) is 0 Å². The number of allylic oxidation sites excluding steroid dienone is 6. The highest BCUT2D eigenvalue weighted by atomic mass is 16.7. The van der Waals surface area contributed by atoms with Crippen molar-refractivity contribution < 1.29 is 50.0 Å². The highest BCUT2D eigenvalue weighted by Gasteiger charge is 2.44. The van der Waals surface area contributed by atoms with Gasteiger partial charge in [-0.1, -0.05) is 281 Å². The fourth-order valence-electron chi connectivity index (χ4n) is 10.5. The van der Waals surface area contributed by atoms with Crippen molar-refractivity contribution in [2.75, 3.05) is 13.2 Å². The van der Waals surface area contributed by atoms with Crippen LogP contribution in [-0.2, 0) is 14.3 Å². The molecule has 0 aromatic carbocycles. The van der Waals surface area contributed by atoms with E-state index < -0.39 is 74.2 Å². The van der Waals surface area contributed by atoms with E-state index in [-0.39, 0.29) is 12.8 Å². The van der Waals surface area contributed by atoms with E-state index in [2.05, 4.69) is 55.6 Å². The zero-order valence-corrected chi connectivity index (χ0v) is 49.2. The monoisotopic (exact) mass is 1080 g/mol. The van der Waals surface area contributed by atoms with Gasteiger partial charge in [0.15, 0.2) is 6.29 Å². The lowest BCUT2D eigenvalue weighted by Gasteiger charge is -2.40. The molecule has 1 rings (SSSR count). The summed E-state index contributed by atoms with van der Waals surface area (Å²) in [4.78, 5) is 13.2. The summed E-state index contributed by atoms with van der Waals surface area (Å²) in [6.45, 7) is 3.34. The molecule has 76 heavy (non-hydrogen) atoms. The molecule has 0 saturated carbocycles. The third-order valence-corrected chi connectivity index (χ3v) is 15.7. The minimum atomic E-state index is -1.67. The third-order valence-electron chi connectivity index (χ3n) is 15.7. The van der Waals surface area contributed by atoms with Gasteiger partial charge in [-0.3, -0.25) is 4.79 Å². The molecule has 9 unspecified atom stereocenters. The van der Waals surface area contributed by atoms with Crippen LogP contribution in [0, 0.1) is 0 Å². The van der Waals surface area contributed by atoms with Gasteiger partial charge in [0.1, 0.15) is 36.6 Å². The molecular formula is C65H123NO10. The maximum absolute atomic E-state index is 13.2. The normalized spacial score (nSPS) is 19.8. The second-order valence-corrected chi connectivity index (χ2v) is 22.8. The molecule has 0 aromatic rings. The summed E-state index contributed by atoms with van der Waals surface area (Å²) < 4.78 is 11.1. The molecule has 1 amide bonds. The SMILES string of the molecule is CC/C=C/CC/C=C/CC/C=C/CCCC(O)C(O)C(COC1OC(CO)C(O)C(O)C1O)NC(=O)C(O)CCCCCCCCCCCCCCCCCCCCCCCCCCCCCCCCCCCCCC. The predicted molar refractivity (Wildman–Crippen MR) is 316 cm³/mol. The fourth-order valence-corrected chi connectivity index (χ4v) is 10.5. The van der Waals surface area contributed by atoms with Crippen molar-refractivity contribution in [3.8, 4) is 0 Å². The lowest BCUT2D eigenvalue weighted by atomic mass is 9.98. The van der Waals surface area contributed by atoms with E-state index in [1.54, 1.807) is 0 Å². The maximum atomic E-state index is 13.2. The van der Waals surface area contributed by atoms with Crippen LogP contribution in [0.15, 0.2) is 36.5 Å². The van der Waals surface area contributed by atoms with E-state index in [4.69, 9.17) is 9.47 Å². The van der Waals surface area contributed by atoms with Gasteiger partial charge in [0.25, 0.3) is 0 Å². The number of carbonyl (C=O) groups is 1. The summed E-state index contributed by atoms with van der Waals surface area (Å²) in [5, 5.41) is 76.0. The van der Waals surface area contributed by atoms with Gasteiger partial charge < -0.3 is 50.5 Å². The largest absolute Gasteiger partial charge is 0.394 e. The molecule has 448 valence electrons. The van der Waals surface area contributed by atoms with Gasteiger partial charge in [0.05, 0.1) is 25.4 Å².